The number of carbonyl (C=O) groups is 1. The van der Waals surface area contributed by atoms with E-state index < -0.39 is 0 Å². The number of amides is 1. The maximum Gasteiger partial charge on any atom is 0.251 e. The summed E-state index contributed by atoms with van der Waals surface area (Å²) in [5.41, 5.74) is 0.577. The lowest BCUT2D eigenvalue weighted by Crippen LogP contribution is -2.22. The fourth-order valence-corrected chi connectivity index (χ4v) is 2.19. The minimum absolute atomic E-state index is 0.150. The molecule has 0 unspecified atom stereocenters. The van der Waals surface area contributed by atoms with E-state index in [0.29, 0.717) is 17.1 Å². The second-order valence-electron chi connectivity index (χ2n) is 3.47. The van der Waals surface area contributed by atoms with E-state index in [0.717, 1.165) is 5.01 Å². The molecule has 3 aromatic heterocycles. The fourth-order valence-electron chi connectivity index (χ4n) is 1.43. The Hall–Kier alpha value is -2.35. The summed E-state index contributed by atoms with van der Waals surface area (Å²) in [5.74, 6) is -0.150. The van der Waals surface area contributed by atoms with E-state index >= 15 is 0 Å². The molecular weight excluding hydrogens is 252 g/mol. The van der Waals surface area contributed by atoms with Crippen LogP contribution in [0.5, 0.6) is 0 Å². The molecule has 0 aliphatic rings. The SMILES string of the molecule is O=C(NCc1nn2cnnc2s1)c1ccncc1. The molecule has 3 heterocycles. The molecule has 3 aromatic rings. The topological polar surface area (TPSA) is 85.1 Å². The highest BCUT2D eigenvalue weighted by Gasteiger charge is 2.08. The zero-order valence-corrected chi connectivity index (χ0v) is 9.96. The van der Waals surface area contributed by atoms with Crippen molar-refractivity contribution >= 4 is 22.2 Å². The van der Waals surface area contributed by atoms with Gasteiger partial charge in [0.25, 0.3) is 5.91 Å². The van der Waals surface area contributed by atoms with Gasteiger partial charge in [0.1, 0.15) is 11.3 Å². The highest BCUT2D eigenvalue weighted by atomic mass is 32.1. The second kappa shape index (κ2) is 4.49. The van der Waals surface area contributed by atoms with Gasteiger partial charge in [-0.2, -0.15) is 9.61 Å². The van der Waals surface area contributed by atoms with Gasteiger partial charge < -0.3 is 5.32 Å². The number of nitrogens with zero attached hydrogens (tertiary/aromatic N) is 5. The predicted octanol–water partition coefficient (Wildman–Crippen LogP) is 0.511. The lowest BCUT2D eigenvalue weighted by Gasteiger charge is -2.01. The molecule has 0 saturated heterocycles. The summed E-state index contributed by atoms with van der Waals surface area (Å²) < 4.78 is 1.58. The number of rotatable bonds is 3. The third-order valence-corrected chi connectivity index (χ3v) is 3.18. The minimum atomic E-state index is -0.150. The highest BCUT2D eigenvalue weighted by Crippen LogP contribution is 2.11. The van der Waals surface area contributed by atoms with Crippen LogP contribution >= 0.6 is 11.3 Å². The van der Waals surface area contributed by atoms with Crippen LogP contribution in [-0.4, -0.2) is 30.7 Å². The number of fused-ring (bicyclic) bond motifs is 1. The predicted molar refractivity (Wildman–Crippen MR) is 64.1 cm³/mol. The van der Waals surface area contributed by atoms with Gasteiger partial charge in [0.2, 0.25) is 4.96 Å². The first-order chi connectivity index (χ1) is 8.83. The van der Waals surface area contributed by atoms with Gasteiger partial charge >= 0.3 is 0 Å². The minimum Gasteiger partial charge on any atom is -0.345 e. The molecule has 0 aromatic carbocycles. The molecule has 0 aliphatic carbocycles. The number of nitrogens with one attached hydrogen (secondary N) is 1. The number of aromatic nitrogens is 5. The van der Waals surface area contributed by atoms with Crippen LogP contribution < -0.4 is 5.32 Å². The van der Waals surface area contributed by atoms with Gasteiger partial charge in [-0.25, -0.2) is 0 Å². The molecule has 0 atom stereocenters. The molecule has 3 rings (SSSR count). The molecule has 0 fully saturated rings. The van der Waals surface area contributed by atoms with Gasteiger partial charge in [-0.05, 0) is 12.1 Å². The second-order valence-corrected chi connectivity index (χ2v) is 4.51. The molecule has 1 N–H and O–H groups in total. The summed E-state index contributed by atoms with van der Waals surface area (Å²) in [6, 6.07) is 3.32. The van der Waals surface area contributed by atoms with Gasteiger partial charge in [-0.3, -0.25) is 9.78 Å². The normalized spacial score (nSPS) is 10.7. The summed E-state index contributed by atoms with van der Waals surface area (Å²) in [6.07, 6.45) is 4.69. The van der Waals surface area contributed by atoms with Crippen LogP contribution in [0.3, 0.4) is 0 Å². The van der Waals surface area contributed by atoms with Crippen molar-refractivity contribution in [3.8, 4) is 0 Å². The van der Waals surface area contributed by atoms with Crippen LogP contribution in [0.1, 0.15) is 15.4 Å². The van der Waals surface area contributed by atoms with E-state index in [-0.39, 0.29) is 5.91 Å². The third kappa shape index (κ3) is 2.05. The molecule has 0 spiro atoms. The van der Waals surface area contributed by atoms with Gasteiger partial charge in [-0.15, -0.1) is 10.2 Å². The Balaban J connectivity index is 1.68. The van der Waals surface area contributed by atoms with Gasteiger partial charge in [0, 0.05) is 18.0 Å². The summed E-state index contributed by atoms with van der Waals surface area (Å²) in [5, 5.41) is 15.4. The molecule has 90 valence electrons. The summed E-state index contributed by atoms with van der Waals surface area (Å²) in [7, 11) is 0. The third-order valence-electron chi connectivity index (χ3n) is 2.27. The molecule has 18 heavy (non-hydrogen) atoms. The Morgan fingerprint density at radius 2 is 2.22 bits per heavy atom. The van der Waals surface area contributed by atoms with Crippen molar-refractivity contribution in [2.24, 2.45) is 0 Å². The van der Waals surface area contributed by atoms with E-state index in [1.54, 1.807) is 29.0 Å². The van der Waals surface area contributed by atoms with E-state index in [9.17, 15) is 4.79 Å². The Labute approximate surface area is 106 Å². The van der Waals surface area contributed by atoms with Crippen molar-refractivity contribution in [2.45, 2.75) is 6.54 Å². The summed E-state index contributed by atoms with van der Waals surface area (Å²) in [6.45, 7) is 0.370. The van der Waals surface area contributed by atoms with E-state index in [4.69, 9.17) is 0 Å². The van der Waals surface area contributed by atoms with Crippen molar-refractivity contribution in [1.82, 2.24) is 30.1 Å². The van der Waals surface area contributed by atoms with Gasteiger partial charge in [0.05, 0.1) is 6.54 Å². The fraction of sp³-hybridized carbons (Fsp3) is 0.100. The van der Waals surface area contributed by atoms with Crippen LogP contribution in [0.4, 0.5) is 0 Å². The molecular formula is C10H8N6OS. The van der Waals surface area contributed by atoms with Crippen LogP contribution in [0, 0.1) is 0 Å². The maximum atomic E-state index is 11.8. The monoisotopic (exact) mass is 260 g/mol. The first kappa shape index (κ1) is 10.8. The average Bonchev–Trinajstić information content (AvgIpc) is 2.97. The summed E-state index contributed by atoms with van der Waals surface area (Å²) in [4.78, 5) is 16.3. The van der Waals surface area contributed by atoms with Crippen molar-refractivity contribution in [3.63, 3.8) is 0 Å². The zero-order valence-electron chi connectivity index (χ0n) is 9.15. The zero-order chi connectivity index (χ0) is 12.4. The van der Waals surface area contributed by atoms with Crippen LogP contribution in [0.2, 0.25) is 0 Å². The Bertz CT molecular complexity index is 647. The first-order valence-corrected chi connectivity index (χ1v) is 5.98. The molecule has 0 bridgehead atoms. The maximum absolute atomic E-state index is 11.8. The number of hydrogen-bond donors (Lipinski definition) is 1. The Kier molecular flexibility index (Phi) is 2.69. The quantitative estimate of drug-likeness (QED) is 0.741. The Morgan fingerprint density at radius 3 is 3.00 bits per heavy atom. The van der Waals surface area contributed by atoms with Crippen molar-refractivity contribution < 1.29 is 4.79 Å². The Morgan fingerprint density at radius 1 is 1.39 bits per heavy atom. The van der Waals surface area contributed by atoms with Crippen LogP contribution in [-0.2, 0) is 6.54 Å². The van der Waals surface area contributed by atoms with Crippen LogP contribution in [0.15, 0.2) is 30.9 Å². The molecule has 0 radical (unpaired) electrons. The molecule has 7 nitrogen and oxygen atoms in total. The largest absolute Gasteiger partial charge is 0.345 e. The van der Waals surface area contributed by atoms with Crippen molar-refractivity contribution in [1.29, 1.82) is 0 Å². The van der Waals surface area contributed by atoms with Gasteiger partial charge in [-0.1, -0.05) is 11.3 Å². The lowest BCUT2D eigenvalue weighted by atomic mass is 10.2. The van der Waals surface area contributed by atoms with Gasteiger partial charge in [0.15, 0.2) is 0 Å². The number of hydrogen-bond acceptors (Lipinski definition) is 6. The standard InChI is InChI=1S/C10H8N6OS/c17-9(7-1-3-11-4-2-7)12-5-8-15-16-6-13-14-10(16)18-8/h1-4,6H,5H2,(H,12,17). The van der Waals surface area contributed by atoms with Crippen LogP contribution in [0.25, 0.3) is 4.96 Å². The number of pyridine rings is 1. The van der Waals surface area contributed by atoms with E-state index in [1.165, 1.54) is 17.7 Å². The highest BCUT2D eigenvalue weighted by molar-refractivity contribution is 7.16. The molecule has 0 aliphatic heterocycles. The lowest BCUT2D eigenvalue weighted by molar-refractivity contribution is 0.0950. The van der Waals surface area contributed by atoms with E-state index in [1.807, 2.05) is 0 Å². The number of carbonyl (C=O) groups excluding carboxylic acids is 1. The first-order valence-electron chi connectivity index (χ1n) is 5.17. The summed E-state index contributed by atoms with van der Waals surface area (Å²) >= 11 is 1.39. The average molecular weight is 260 g/mol. The van der Waals surface area contributed by atoms with Crippen molar-refractivity contribution in [2.75, 3.05) is 0 Å². The van der Waals surface area contributed by atoms with E-state index in [2.05, 4.69) is 25.6 Å². The molecule has 8 heteroatoms. The smallest absolute Gasteiger partial charge is 0.251 e. The van der Waals surface area contributed by atoms with Crippen molar-refractivity contribution in [3.05, 3.63) is 41.4 Å². The molecule has 1 amide bonds. The molecule has 0 saturated carbocycles.